The predicted molar refractivity (Wildman–Crippen MR) is 90.0 cm³/mol. The molecule has 25 heavy (non-hydrogen) atoms. The van der Waals surface area contributed by atoms with E-state index in [1.807, 2.05) is 25.1 Å². The van der Waals surface area contributed by atoms with E-state index >= 15 is 0 Å². The van der Waals surface area contributed by atoms with E-state index in [0.717, 1.165) is 27.7 Å². The molecule has 0 aliphatic carbocycles. The monoisotopic (exact) mass is 334 g/mol. The number of carbonyl (C=O) groups excluding carboxylic acids is 1. The summed E-state index contributed by atoms with van der Waals surface area (Å²) >= 11 is 0. The highest BCUT2D eigenvalue weighted by atomic mass is 16.5. The zero-order chi connectivity index (χ0) is 17.3. The van der Waals surface area contributed by atoms with Crippen molar-refractivity contribution in [1.82, 2.24) is 9.55 Å². The highest BCUT2D eigenvalue weighted by molar-refractivity contribution is 5.85. The number of nitrogens with zero attached hydrogens (tertiary/aromatic N) is 2. The first-order valence-corrected chi connectivity index (χ1v) is 8.05. The van der Waals surface area contributed by atoms with Gasteiger partial charge in [-0.25, -0.2) is 9.78 Å². The predicted octanol–water partition coefficient (Wildman–Crippen LogP) is 1.82. The molecule has 0 spiro atoms. The summed E-state index contributed by atoms with van der Waals surface area (Å²) in [6.45, 7) is 2.35. The maximum atomic E-state index is 12.8. The van der Waals surface area contributed by atoms with Gasteiger partial charge in [0.2, 0.25) is 0 Å². The van der Waals surface area contributed by atoms with Crippen LogP contribution in [0.15, 0.2) is 35.1 Å². The summed E-state index contributed by atoms with van der Waals surface area (Å²) in [5.74, 6) is -0.725. The molecule has 0 saturated carbocycles. The molecule has 6 nitrogen and oxygen atoms in total. The minimum Gasteiger partial charge on any atom is -0.458 e. The fourth-order valence-electron chi connectivity index (χ4n) is 3.65. The van der Waals surface area contributed by atoms with Crippen molar-refractivity contribution in [3.05, 3.63) is 62.9 Å². The first kappa shape index (κ1) is 14.4. The van der Waals surface area contributed by atoms with Gasteiger partial charge in [-0.2, -0.15) is 0 Å². The molecule has 5 rings (SSSR count). The van der Waals surface area contributed by atoms with Crippen molar-refractivity contribution in [3.8, 4) is 11.4 Å². The molecule has 1 unspecified atom stereocenters. The lowest BCUT2D eigenvalue weighted by Crippen LogP contribution is -2.32. The molecule has 0 radical (unpaired) electrons. The number of rotatable bonds is 0. The van der Waals surface area contributed by atoms with Crippen molar-refractivity contribution in [1.29, 1.82) is 0 Å². The fourth-order valence-corrected chi connectivity index (χ4v) is 3.65. The van der Waals surface area contributed by atoms with Crippen molar-refractivity contribution >= 4 is 16.9 Å². The number of benzene rings is 1. The lowest BCUT2D eigenvalue weighted by molar-refractivity contribution is -0.157. The highest BCUT2D eigenvalue weighted by Crippen LogP contribution is 2.35. The molecule has 124 valence electrons. The van der Waals surface area contributed by atoms with Crippen LogP contribution >= 0.6 is 0 Å². The maximum absolute atomic E-state index is 12.8. The van der Waals surface area contributed by atoms with Gasteiger partial charge in [0.15, 0.2) is 6.10 Å². The Kier molecular flexibility index (Phi) is 2.74. The van der Waals surface area contributed by atoms with Crippen LogP contribution in [0, 0.1) is 6.92 Å². The second-order valence-corrected chi connectivity index (χ2v) is 6.56. The number of aliphatic hydroxyl groups is 1. The minimum atomic E-state index is -1.42. The first-order valence-electron chi connectivity index (χ1n) is 8.05. The van der Waals surface area contributed by atoms with Gasteiger partial charge in [0.1, 0.15) is 6.61 Å². The molecule has 0 fully saturated rings. The average Bonchev–Trinajstić information content (AvgIpc) is 2.95. The van der Waals surface area contributed by atoms with Crippen molar-refractivity contribution < 1.29 is 14.6 Å². The number of esters is 1. The normalized spacial score (nSPS) is 17.8. The standard InChI is InChI=1S/C19H14N2O4/c1-9-2-3-14-10(4-9)5-11-7-21-15(16(11)20-14)6-12-13(18(21)23)8-25-19(24)17(12)22/h2-6,17,22H,7-8H2,1H3. The van der Waals surface area contributed by atoms with Crippen molar-refractivity contribution in [2.45, 2.75) is 26.2 Å². The highest BCUT2D eigenvalue weighted by Gasteiger charge is 2.33. The van der Waals surface area contributed by atoms with E-state index in [1.54, 1.807) is 10.6 Å². The zero-order valence-electron chi connectivity index (χ0n) is 13.4. The van der Waals surface area contributed by atoms with Crippen LogP contribution in [0.4, 0.5) is 0 Å². The van der Waals surface area contributed by atoms with E-state index in [1.165, 1.54) is 0 Å². The van der Waals surface area contributed by atoms with Gasteiger partial charge in [-0.05, 0) is 31.2 Å². The lowest BCUT2D eigenvalue weighted by atomic mass is 10.0. The maximum Gasteiger partial charge on any atom is 0.340 e. The number of fused-ring (bicyclic) bond motifs is 5. The number of aromatic nitrogens is 2. The summed E-state index contributed by atoms with van der Waals surface area (Å²) in [4.78, 5) is 29.1. The third kappa shape index (κ3) is 1.91. The quantitative estimate of drug-likeness (QED) is 0.496. The molecule has 6 heteroatoms. The number of hydrogen-bond acceptors (Lipinski definition) is 5. The molecular weight excluding hydrogens is 320 g/mol. The van der Waals surface area contributed by atoms with Gasteiger partial charge in [0.05, 0.1) is 29.0 Å². The molecule has 2 aliphatic heterocycles. The molecule has 1 aromatic carbocycles. The summed E-state index contributed by atoms with van der Waals surface area (Å²) in [6.07, 6.45) is -1.42. The van der Waals surface area contributed by atoms with Crippen LogP contribution in [-0.4, -0.2) is 20.6 Å². The molecule has 4 heterocycles. The SMILES string of the molecule is Cc1ccc2nc3c(cc2c1)Cn1c-3cc2c(c1=O)COC(=O)C2O. The van der Waals surface area contributed by atoms with Gasteiger partial charge in [-0.15, -0.1) is 0 Å². The van der Waals surface area contributed by atoms with E-state index in [2.05, 4.69) is 6.07 Å². The summed E-state index contributed by atoms with van der Waals surface area (Å²) in [7, 11) is 0. The molecule has 2 aromatic heterocycles. The number of aryl methyl sites for hydroxylation is 1. The number of carbonyl (C=O) groups is 1. The summed E-state index contributed by atoms with van der Waals surface area (Å²) in [5.41, 5.74) is 4.74. The van der Waals surface area contributed by atoms with Crippen molar-refractivity contribution in [2.75, 3.05) is 0 Å². The number of cyclic esters (lactones) is 1. The third-order valence-electron chi connectivity index (χ3n) is 4.93. The smallest absolute Gasteiger partial charge is 0.340 e. The molecule has 1 atom stereocenters. The molecular formula is C19H14N2O4. The second-order valence-electron chi connectivity index (χ2n) is 6.56. The molecule has 2 aliphatic rings. The second kappa shape index (κ2) is 4.77. The van der Waals surface area contributed by atoms with Crippen molar-refractivity contribution in [3.63, 3.8) is 0 Å². The number of pyridine rings is 2. The average molecular weight is 334 g/mol. The van der Waals surface area contributed by atoms with Gasteiger partial charge in [0, 0.05) is 16.5 Å². The van der Waals surface area contributed by atoms with Crippen LogP contribution in [0.25, 0.3) is 22.3 Å². The Morgan fingerprint density at radius 2 is 2.08 bits per heavy atom. The molecule has 0 amide bonds. The summed E-state index contributed by atoms with van der Waals surface area (Å²) in [5, 5.41) is 11.1. The summed E-state index contributed by atoms with van der Waals surface area (Å²) < 4.78 is 6.53. The van der Waals surface area contributed by atoms with Gasteiger partial charge in [-0.3, -0.25) is 4.79 Å². The Morgan fingerprint density at radius 3 is 2.92 bits per heavy atom. The van der Waals surface area contributed by atoms with Crippen LogP contribution in [0.5, 0.6) is 0 Å². The minimum absolute atomic E-state index is 0.102. The van der Waals surface area contributed by atoms with Gasteiger partial charge in [0.25, 0.3) is 5.56 Å². The fraction of sp³-hybridized carbons (Fsp3) is 0.211. The summed E-state index contributed by atoms with van der Waals surface area (Å²) in [6, 6.07) is 9.76. The number of aliphatic hydroxyl groups excluding tert-OH is 1. The topological polar surface area (TPSA) is 81.4 Å². The van der Waals surface area contributed by atoms with E-state index in [4.69, 9.17) is 9.72 Å². The zero-order valence-corrected chi connectivity index (χ0v) is 13.4. The first-order chi connectivity index (χ1) is 12.0. The van der Waals surface area contributed by atoms with E-state index < -0.39 is 12.1 Å². The molecule has 3 aromatic rings. The molecule has 0 bridgehead atoms. The van der Waals surface area contributed by atoms with Crippen LogP contribution in [0.2, 0.25) is 0 Å². The van der Waals surface area contributed by atoms with E-state index in [9.17, 15) is 14.7 Å². The molecule has 1 N–H and O–H groups in total. The lowest BCUT2D eigenvalue weighted by Gasteiger charge is -2.21. The van der Waals surface area contributed by atoms with Crippen LogP contribution in [-0.2, 0) is 22.7 Å². The van der Waals surface area contributed by atoms with Crippen LogP contribution in [0.1, 0.15) is 28.4 Å². The largest absolute Gasteiger partial charge is 0.458 e. The Morgan fingerprint density at radius 1 is 1.24 bits per heavy atom. The van der Waals surface area contributed by atoms with E-state index in [0.29, 0.717) is 23.4 Å². The number of hydrogen-bond donors (Lipinski definition) is 1. The van der Waals surface area contributed by atoms with E-state index in [-0.39, 0.29) is 12.2 Å². The Bertz CT molecular complexity index is 1150. The van der Waals surface area contributed by atoms with Gasteiger partial charge >= 0.3 is 5.97 Å². The Hall–Kier alpha value is -2.99. The third-order valence-corrected chi connectivity index (χ3v) is 4.93. The Labute approximate surface area is 142 Å². The Balaban J connectivity index is 1.78. The number of ether oxygens (including phenoxy) is 1. The molecule has 0 saturated heterocycles. The van der Waals surface area contributed by atoms with Crippen LogP contribution in [0.3, 0.4) is 0 Å². The van der Waals surface area contributed by atoms with Gasteiger partial charge in [-0.1, -0.05) is 11.6 Å². The van der Waals surface area contributed by atoms with Crippen molar-refractivity contribution in [2.24, 2.45) is 0 Å². The van der Waals surface area contributed by atoms with Crippen LogP contribution < -0.4 is 5.56 Å². The van der Waals surface area contributed by atoms with Gasteiger partial charge < -0.3 is 14.4 Å².